The molecule has 1 fully saturated rings. The second kappa shape index (κ2) is 5.11. The summed E-state index contributed by atoms with van der Waals surface area (Å²) >= 11 is 0. The van der Waals surface area contributed by atoms with E-state index in [1.54, 1.807) is 6.19 Å². The van der Waals surface area contributed by atoms with Gasteiger partial charge < -0.3 is 4.90 Å². The third-order valence-corrected chi connectivity index (χ3v) is 3.97. The number of nitrogens with zero attached hydrogens (tertiary/aromatic N) is 3. The summed E-state index contributed by atoms with van der Waals surface area (Å²) in [5.74, 6) is 0.562. The normalized spacial score (nSPS) is 21.8. The van der Waals surface area contributed by atoms with Crippen LogP contribution in [-0.2, 0) is 17.3 Å². The maximum atomic E-state index is 11.6. The van der Waals surface area contributed by atoms with Gasteiger partial charge in [-0.3, -0.25) is 4.21 Å². The standard InChI is InChI=1S/C12H13N3OS/c1-10-2-4-11(5-3-10)8-15-6-7-17(16)12(15)14-9-13/h2-5H,6-8H2,1H3. The van der Waals surface area contributed by atoms with Crippen LogP contribution in [0.1, 0.15) is 11.1 Å². The summed E-state index contributed by atoms with van der Waals surface area (Å²) in [6.07, 6.45) is 1.72. The molecule has 17 heavy (non-hydrogen) atoms. The molecule has 1 aliphatic rings. The molecule has 4 nitrogen and oxygen atoms in total. The Hall–Kier alpha value is -1.67. The van der Waals surface area contributed by atoms with Crippen LogP contribution in [0.15, 0.2) is 29.3 Å². The molecule has 0 saturated carbocycles. The molecule has 0 amide bonds. The minimum atomic E-state index is -1.12. The monoisotopic (exact) mass is 247 g/mol. The van der Waals surface area contributed by atoms with Crippen LogP contribution in [0.4, 0.5) is 0 Å². The molecule has 2 rings (SSSR count). The van der Waals surface area contributed by atoms with E-state index in [9.17, 15) is 4.21 Å². The number of nitriles is 1. The van der Waals surface area contributed by atoms with Gasteiger partial charge in [-0.15, -0.1) is 4.99 Å². The number of hydrogen-bond acceptors (Lipinski definition) is 3. The molecular weight excluding hydrogens is 234 g/mol. The molecule has 1 aromatic rings. The molecule has 0 bridgehead atoms. The number of hydrogen-bond donors (Lipinski definition) is 0. The molecule has 0 radical (unpaired) electrons. The summed E-state index contributed by atoms with van der Waals surface area (Å²) < 4.78 is 11.6. The SMILES string of the molecule is Cc1ccc(CN2CCS(=O)C2=NC#N)cc1. The van der Waals surface area contributed by atoms with Gasteiger partial charge in [-0.2, -0.15) is 5.26 Å². The number of amidine groups is 1. The molecular formula is C12H13N3OS. The molecule has 0 N–H and O–H groups in total. The zero-order valence-corrected chi connectivity index (χ0v) is 10.4. The van der Waals surface area contributed by atoms with Gasteiger partial charge in [0.25, 0.3) is 0 Å². The Morgan fingerprint density at radius 3 is 2.82 bits per heavy atom. The first-order valence-corrected chi connectivity index (χ1v) is 6.68. The van der Waals surface area contributed by atoms with E-state index in [4.69, 9.17) is 5.26 Å². The highest BCUT2D eigenvalue weighted by atomic mass is 32.2. The first-order chi connectivity index (χ1) is 8.20. The summed E-state index contributed by atoms with van der Waals surface area (Å²) in [7, 11) is -1.12. The predicted molar refractivity (Wildman–Crippen MR) is 67.6 cm³/mol. The summed E-state index contributed by atoms with van der Waals surface area (Å²) in [4.78, 5) is 5.55. The van der Waals surface area contributed by atoms with Crippen LogP contribution < -0.4 is 0 Å². The molecule has 1 atom stereocenters. The van der Waals surface area contributed by atoms with Crippen LogP contribution in [-0.4, -0.2) is 26.6 Å². The smallest absolute Gasteiger partial charge is 0.208 e. The first kappa shape index (κ1) is 11.8. The van der Waals surface area contributed by atoms with Crippen LogP contribution in [0.3, 0.4) is 0 Å². The van der Waals surface area contributed by atoms with Crippen molar-refractivity contribution < 1.29 is 4.21 Å². The molecule has 0 spiro atoms. The van der Waals surface area contributed by atoms with Crippen molar-refractivity contribution in [3.8, 4) is 6.19 Å². The minimum absolute atomic E-state index is 0.410. The van der Waals surface area contributed by atoms with Gasteiger partial charge in [0.05, 0.1) is 10.8 Å². The molecule has 1 aromatic carbocycles. The molecule has 0 aromatic heterocycles. The quantitative estimate of drug-likeness (QED) is 0.742. The lowest BCUT2D eigenvalue weighted by molar-refractivity contribution is 0.457. The van der Waals surface area contributed by atoms with E-state index in [2.05, 4.69) is 4.99 Å². The fourth-order valence-corrected chi connectivity index (χ4v) is 2.90. The summed E-state index contributed by atoms with van der Waals surface area (Å²) in [6, 6.07) is 8.17. The van der Waals surface area contributed by atoms with E-state index in [1.165, 1.54) is 5.56 Å². The maximum absolute atomic E-state index is 11.6. The summed E-state index contributed by atoms with van der Waals surface area (Å²) in [5.41, 5.74) is 2.35. The molecule has 1 aliphatic heterocycles. The third kappa shape index (κ3) is 2.71. The van der Waals surface area contributed by atoms with Gasteiger partial charge >= 0.3 is 0 Å². The molecule has 0 aliphatic carbocycles. The first-order valence-electron chi connectivity index (χ1n) is 5.36. The zero-order valence-electron chi connectivity index (χ0n) is 9.59. The van der Waals surface area contributed by atoms with Crippen molar-refractivity contribution in [2.75, 3.05) is 12.3 Å². The van der Waals surface area contributed by atoms with Gasteiger partial charge in [0, 0.05) is 18.8 Å². The highest BCUT2D eigenvalue weighted by Gasteiger charge is 2.26. The fraction of sp³-hybridized carbons (Fsp3) is 0.333. The topological polar surface area (TPSA) is 56.5 Å². The van der Waals surface area contributed by atoms with Crippen molar-refractivity contribution in [2.45, 2.75) is 13.5 Å². The Bertz CT molecular complexity index is 501. The van der Waals surface area contributed by atoms with Crippen LogP contribution >= 0.6 is 0 Å². The lowest BCUT2D eigenvalue weighted by Gasteiger charge is -2.16. The zero-order chi connectivity index (χ0) is 12.3. The van der Waals surface area contributed by atoms with Gasteiger partial charge in [-0.05, 0) is 12.5 Å². The minimum Gasteiger partial charge on any atom is -0.343 e. The Balaban J connectivity index is 2.14. The van der Waals surface area contributed by atoms with Gasteiger partial charge in [0.15, 0.2) is 0 Å². The number of rotatable bonds is 2. The highest BCUT2D eigenvalue weighted by Crippen LogP contribution is 2.13. The van der Waals surface area contributed by atoms with Crippen LogP contribution in [0, 0.1) is 18.4 Å². The molecule has 1 saturated heterocycles. The Labute approximate surface area is 103 Å². The van der Waals surface area contributed by atoms with Crippen LogP contribution in [0.2, 0.25) is 0 Å². The average Bonchev–Trinajstić information content (AvgIpc) is 2.65. The van der Waals surface area contributed by atoms with E-state index >= 15 is 0 Å². The Morgan fingerprint density at radius 1 is 1.47 bits per heavy atom. The van der Waals surface area contributed by atoms with E-state index in [0.29, 0.717) is 24.0 Å². The fourth-order valence-electron chi connectivity index (χ4n) is 1.75. The van der Waals surface area contributed by atoms with Crippen molar-refractivity contribution in [3.05, 3.63) is 35.4 Å². The summed E-state index contributed by atoms with van der Waals surface area (Å²) in [6.45, 7) is 3.39. The molecule has 1 unspecified atom stereocenters. The van der Waals surface area contributed by atoms with Crippen LogP contribution in [0.5, 0.6) is 0 Å². The number of aliphatic imine (C=N–C) groups is 1. The van der Waals surface area contributed by atoms with Crippen molar-refractivity contribution in [1.82, 2.24) is 4.90 Å². The second-order valence-corrected chi connectivity index (χ2v) is 5.42. The largest absolute Gasteiger partial charge is 0.343 e. The second-order valence-electron chi connectivity index (χ2n) is 3.95. The van der Waals surface area contributed by atoms with E-state index in [1.807, 2.05) is 36.1 Å². The molecule has 88 valence electrons. The summed E-state index contributed by atoms with van der Waals surface area (Å²) in [5, 5.41) is 8.98. The average molecular weight is 247 g/mol. The van der Waals surface area contributed by atoms with E-state index in [0.717, 1.165) is 5.56 Å². The van der Waals surface area contributed by atoms with Crippen LogP contribution in [0.25, 0.3) is 0 Å². The lowest BCUT2D eigenvalue weighted by Crippen LogP contribution is -2.25. The van der Waals surface area contributed by atoms with Crippen molar-refractivity contribution >= 4 is 16.0 Å². The Morgan fingerprint density at radius 2 is 2.18 bits per heavy atom. The van der Waals surface area contributed by atoms with Crippen molar-refractivity contribution in [1.29, 1.82) is 5.26 Å². The molecule has 1 heterocycles. The van der Waals surface area contributed by atoms with Gasteiger partial charge in [0.2, 0.25) is 11.4 Å². The van der Waals surface area contributed by atoms with Gasteiger partial charge in [-0.1, -0.05) is 29.8 Å². The molecule has 5 heteroatoms. The highest BCUT2D eigenvalue weighted by molar-refractivity contribution is 8.00. The van der Waals surface area contributed by atoms with Gasteiger partial charge in [-0.25, -0.2) is 0 Å². The number of benzene rings is 1. The predicted octanol–water partition coefficient (Wildman–Crippen LogP) is 1.40. The maximum Gasteiger partial charge on any atom is 0.208 e. The third-order valence-electron chi connectivity index (χ3n) is 2.66. The van der Waals surface area contributed by atoms with E-state index < -0.39 is 10.8 Å². The Kier molecular flexibility index (Phi) is 3.55. The van der Waals surface area contributed by atoms with Gasteiger partial charge in [0.1, 0.15) is 0 Å². The van der Waals surface area contributed by atoms with E-state index in [-0.39, 0.29) is 0 Å². The van der Waals surface area contributed by atoms with Crippen molar-refractivity contribution in [2.24, 2.45) is 4.99 Å². The lowest BCUT2D eigenvalue weighted by atomic mass is 10.1. The van der Waals surface area contributed by atoms with Crippen molar-refractivity contribution in [3.63, 3.8) is 0 Å². The number of aryl methyl sites for hydroxylation is 1.